The van der Waals surface area contributed by atoms with Crippen LogP contribution in [-0.2, 0) is 18.0 Å². The maximum absolute atomic E-state index is 13.0. The summed E-state index contributed by atoms with van der Waals surface area (Å²) < 4.78 is 40.1. The van der Waals surface area contributed by atoms with Gasteiger partial charge in [0, 0.05) is 33.3 Å². The average molecular weight is 555 g/mol. The molecule has 0 radical (unpaired) electrons. The quantitative estimate of drug-likeness (QED) is 0.352. The predicted octanol–water partition coefficient (Wildman–Crippen LogP) is 5.54. The molecule has 0 aliphatic carbocycles. The van der Waals surface area contributed by atoms with Crippen LogP contribution < -0.4 is 28.4 Å². The summed E-state index contributed by atoms with van der Waals surface area (Å²) in [6.45, 7) is 0.965. The molecule has 8 nitrogen and oxygen atoms in total. The van der Waals surface area contributed by atoms with E-state index in [4.69, 9.17) is 33.2 Å². The lowest BCUT2D eigenvalue weighted by Gasteiger charge is -2.21. The van der Waals surface area contributed by atoms with Gasteiger partial charge in [0.15, 0.2) is 24.1 Å². The molecule has 3 aromatic carbocycles. The predicted molar refractivity (Wildman–Crippen MR) is 134 cm³/mol. The van der Waals surface area contributed by atoms with E-state index in [0.717, 1.165) is 21.3 Å². The molecule has 5 rings (SSSR count). The molecule has 0 saturated carbocycles. The Morgan fingerprint density at radius 1 is 0.972 bits per heavy atom. The molecule has 3 aromatic rings. The Morgan fingerprint density at radius 2 is 1.75 bits per heavy atom. The summed E-state index contributed by atoms with van der Waals surface area (Å²) in [7, 11) is 4.63. The monoisotopic (exact) mass is 554 g/mol. The summed E-state index contributed by atoms with van der Waals surface area (Å²) in [4.78, 5) is 13.0. The highest BCUT2D eigenvalue weighted by atomic mass is 79.9. The topological polar surface area (TPSA) is 81.7 Å². The number of carbonyl (C=O) groups is 1. The van der Waals surface area contributed by atoms with E-state index in [1.807, 2.05) is 12.1 Å². The molecule has 0 amide bonds. The number of ketones is 1. The number of allylic oxidation sites excluding steroid dienone is 1. The van der Waals surface area contributed by atoms with E-state index in [1.54, 1.807) is 57.7 Å². The highest BCUT2D eigenvalue weighted by Gasteiger charge is 2.28. The summed E-state index contributed by atoms with van der Waals surface area (Å²) in [6, 6.07) is 12.5. The zero-order valence-corrected chi connectivity index (χ0v) is 21.5. The van der Waals surface area contributed by atoms with Crippen molar-refractivity contribution >= 4 is 27.8 Å². The smallest absolute Gasteiger partial charge is 0.231 e. The van der Waals surface area contributed by atoms with Gasteiger partial charge in [-0.2, -0.15) is 0 Å². The molecule has 0 atom stereocenters. The normalized spacial score (nSPS) is 15.0. The Morgan fingerprint density at radius 3 is 2.53 bits per heavy atom. The molecule has 0 N–H and O–H groups in total. The number of hydrogen-bond donors (Lipinski definition) is 0. The van der Waals surface area contributed by atoms with Crippen LogP contribution in [0.15, 0.2) is 52.7 Å². The summed E-state index contributed by atoms with van der Waals surface area (Å²) in [5.74, 6) is 3.23. The highest BCUT2D eigenvalue weighted by molar-refractivity contribution is 9.10. The fourth-order valence-electron chi connectivity index (χ4n) is 4.09. The first kappa shape index (κ1) is 24.0. The Labute approximate surface area is 216 Å². The molecular formula is C27H23BrO8. The highest BCUT2D eigenvalue weighted by Crippen LogP contribution is 2.39. The largest absolute Gasteiger partial charge is 0.496 e. The van der Waals surface area contributed by atoms with E-state index in [-0.39, 0.29) is 24.9 Å². The van der Waals surface area contributed by atoms with E-state index in [1.165, 1.54) is 0 Å². The van der Waals surface area contributed by atoms with Crippen molar-refractivity contribution in [1.82, 2.24) is 0 Å². The van der Waals surface area contributed by atoms with Gasteiger partial charge in [-0.1, -0.05) is 15.9 Å². The third-order valence-electron chi connectivity index (χ3n) is 5.81. The molecule has 186 valence electrons. The van der Waals surface area contributed by atoms with Crippen LogP contribution in [0.5, 0.6) is 34.5 Å². The number of benzene rings is 3. The van der Waals surface area contributed by atoms with E-state index >= 15 is 0 Å². The fourth-order valence-corrected chi connectivity index (χ4v) is 4.64. The molecule has 36 heavy (non-hydrogen) atoms. The minimum Gasteiger partial charge on any atom is -0.496 e. The Hall–Kier alpha value is -3.69. The van der Waals surface area contributed by atoms with Crippen LogP contribution in [0.1, 0.15) is 27.0 Å². The number of rotatable bonds is 7. The average Bonchev–Trinajstić information content (AvgIpc) is 3.20. The van der Waals surface area contributed by atoms with Crippen LogP contribution in [0.3, 0.4) is 0 Å². The van der Waals surface area contributed by atoms with Crippen LogP contribution in [0.25, 0.3) is 6.08 Å². The van der Waals surface area contributed by atoms with Crippen molar-refractivity contribution in [2.45, 2.75) is 13.2 Å². The second-order valence-electron chi connectivity index (χ2n) is 8.00. The Bertz CT molecular complexity index is 1360. The van der Waals surface area contributed by atoms with Crippen molar-refractivity contribution < 1.29 is 38.0 Å². The SMILES string of the molecule is COc1cc(OC)c(OC)cc1/C=C1\Oc2cc(OCc3cc(Br)cc4c3OCOC4)ccc2C1=O. The minimum absolute atomic E-state index is 0.169. The Balaban J connectivity index is 1.37. The molecule has 0 aromatic heterocycles. The zero-order chi connectivity index (χ0) is 25.2. The number of hydrogen-bond acceptors (Lipinski definition) is 8. The molecule has 2 heterocycles. The molecular weight excluding hydrogens is 532 g/mol. The summed E-state index contributed by atoms with van der Waals surface area (Å²) in [6.07, 6.45) is 1.62. The number of methoxy groups -OCH3 is 3. The number of halogens is 1. The molecule has 2 aliphatic rings. The molecule has 0 unspecified atom stereocenters. The van der Waals surface area contributed by atoms with Crippen molar-refractivity contribution in [1.29, 1.82) is 0 Å². The van der Waals surface area contributed by atoms with Crippen LogP contribution in [0.2, 0.25) is 0 Å². The second-order valence-corrected chi connectivity index (χ2v) is 8.92. The van der Waals surface area contributed by atoms with Crippen molar-refractivity contribution in [3.05, 3.63) is 75.0 Å². The minimum atomic E-state index is -0.233. The Kier molecular flexibility index (Phi) is 6.75. The molecule has 9 heteroatoms. The van der Waals surface area contributed by atoms with E-state index in [2.05, 4.69) is 15.9 Å². The molecule has 2 aliphatic heterocycles. The van der Waals surface area contributed by atoms with Gasteiger partial charge in [-0.3, -0.25) is 4.79 Å². The number of ether oxygens (including phenoxy) is 7. The second kappa shape index (κ2) is 10.1. The number of carbonyl (C=O) groups excluding carboxylic acids is 1. The number of fused-ring (bicyclic) bond motifs is 2. The van der Waals surface area contributed by atoms with Crippen LogP contribution >= 0.6 is 15.9 Å². The lowest BCUT2D eigenvalue weighted by molar-refractivity contribution is -0.0176. The van der Waals surface area contributed by atoms with Crippen LogP contribution in [0.4, 0.5) is 0 Å². The molecule has 0 bridgehead atoms. The first-order valence-corrected chi connectivity index (χ1v) is 11.8. The zero-order valence-electron chi connectivity index (χ0n) is 19.9. The molecule has 0 spiro atoms. The first-order chi connectivity index (χ1) is 17.5. The van der Waals surface area contributed by atoms with Crippen molar-refractivity contribution in [3.8, 4) is 34.5 Å². The van der Waals surface area contributed by atoms with Gasteiger partial charge in [0.1, 0.15) is 29.6 Å². The van der Waals surface area contributed by atoms with Gasteiger partial charge in [0.05, 0.1) is 33.5 Å². The van der Waals surface area contributed by atoms with E-state index in [9.17, 15) is 4.79 Å². The number of Topliss-reactive ketones (excluding diaryl/α,β-unsaturated/α-hetero) is 1. The van der Waals surface area contributed by atoms with E-state index < -0.39 is 0 Å². The van der Waals surface area contributed by atoms with Crippen LogP contribution in [0, 0.1) is 0 Å². The van der Waals surface area contributed by atoms with Gasteiger partial charge in [-0.25, -0.2) is 0 Å². The van der Waals surface area contributed by atoms with Crippen molar-refractivity contribution in [2.24, 2.45) is 0 Å². The van der Waals surface area contributed by atoms with Gasteiger partial charge in [-0.15, -0.1) is 0 Å². The van der Waals surface area contributed by atoms with Crippen molar-refractivity contribution in [2.75, 3.05) is 28.1 Å². The fraction of sp³-hybridized carbons (Fsp3) is 0.222. The van der Waals surface area contributed by atoms with Gasteiger partial charge < -0.3 is 33.2 Å². The summed E-state index contributed by atoms with van der Waals surface area (Å²) >= 11 is 3.52. The lowest BCUT2D eigenvalue weighted by Crippen LogP contribution is -2.14. The summed E-state index contributed by atoms with van der Waals surface area (Å²) in [5, 5.41) is 0. The van der Waals surface area contributed by atoms with Gasteiger partial charge in [0.2, 0.25) is 5.78 Å². The standard InChI is InChI=1S/C27H23BrO8/c1-30-21-11-24(32-3)23(31-2)8-15(21)9-25-26(29)20-5-4-19(10-22(20)36-25)34-13-17-7-18(28)6-16-12-33-14-35-27(16)17/h4-11H,12-14H2,1-3H3/b25-9-. The maximum atomic E-state index is 13.0. The third-order valence-corrected chi connectivity index (χ3v) is 6.27. The van der Waals surface area contributed by atoms with Gasteiger partial charge in [0.25, 0.3) is 0 Å². The van der Waals surface area contributed by atoms with Crippen molar-refractivity contribution in [3.63, 3.8) is 0 Å². The summed E-state index contributed by atoms with van der Waals surface area (Å²) in [5.41, 5.74) is 2.92. The maximum Gasteiger partial charge on any atom is 0.231 e. The molecule has 0 saturated heterocycles. The molecule has 0 fully saturated rings. The van der Waals surface area contributed by atoms with Crippen LogP contribution in [-0.4, -0.2) is 33.9 Å². The van der Waals surface area contributed by atoms with Gasteiger partial charge in [-0.05, 0) is 36.4 Å². The third kappa shape index (κ3) is 4.59. The van der Waals surface area contributed by atoms with Gasteiger partial charge >= 0.3 is 0 Å². The lowest BCUT2D eigenvalue weighted by atomic mass is 10.1. The first-order valence-electron chi connectivity index (χ1n) is 11.0. The van der Waals surface area contributed by atoms with E-state index in [0.29, 0.717) is 46.5 Å².